The molecule has 50 heavy (non-hydrogen) atoms. The molecule has 0 radical (unpaired) electrons. The molecule has 1 fully saturated rings. The minimum absolute atomic E-state index is 0.0801. The lowest BCUT2D eigenvalue weighted by molar-refractivity contribution is 0.267. The third-order valence-corrected chi connectivity index (χ3v) is 15.3. The molecule has 3 N–H and O–H groups in total. The Morgan fingerprint density at radius 2 is 0.880 bits per heavy atom. The Kier molecular flexibility index (Phi) is 10.6. The standard InChI is InChI=1S/C46H66O3P/c1-13-42(5,6)35-19-17-31-27-40(38(29-33(31)25-35)44(9,10)15-3)46(23-21-37(22-24-46)50(47,48)49)41-28-32-18-20-36(43(7,8)14-2)26-34(32)30-39(41)45(11,12)16-4/h17-20,25-30,37,47-49H,13-16,21-24H2,1-12H3/q+1. The molecular weight excluding hydrogens is 631 g/mol. The Labute approximate surface area is 304 Å². The van der Waals surface area contributed by atoms with Crippen LogP contribution in [0.2, 0.25) is 0 Å². The molecule has 272 valence electrons. The molecule has 0 heterocycles. The molecule has 0 saturated heterocycles. The van der Waals surface area contributed by atoms with Crippen molar-refractivity contribution in [2.24, 2.45) is 0 Å². The van der Waals surface area contributed by atoms with Gasteiger partial charge >= 0.3 is 7.94 Å². The van der Waals surface area contributed by atoms with Crippen molar-refractivity contribution in [3.63, 3.8) is 0 Å². The van der Waals surface area contributed by atoms with Crippen molar-refractivity contribution in [3.8, 4) is 0 Å². The molecule has 0 bridgehead atoms. The van der Waals surface area contributed by atoms with Gasteiger partial charge in [-0.15, -0.1) is 0 Å². The molecule has 0 spiro atoms. The SMILES string of the molecule is CCC(C)(C)c1ccc2cc(C3(c4cc5ccc(C(C)(C)CC)cc5cc4C(C)(C)CC)CCC([P+](O)(O)O)CC3)c(C(C)(C)CC)cc2c1. The van der Waals surface area contributed by atoms with Gasteiger partial charge in [0.2, 0.25) is 0 Å². The zero-order chi connectivity index (χ0) is 37.1. The Bertz CT molecular complexity index is 1730. The van der Waals surface area contributed by atoms with Crippen LogP contribution in [0, 0.1) is 0 Å². The molecule has 5 rings (SSSR count). The van der Waals surface area contributed by atoms with Gasteiger partial charge in [0.1, 0.15) is 0 Å². The van der Waals surface area contributed by atoms with Crippen molar-refractivity contribution < 1.29 is 14.7 Å². The first-order chi connectivity index (χ1) is 23.2. The van der Waals surface area contributed by atoms with Gasteiger partial charge in [0.05, 0.1) is 0 Å². The number of benzene rings is 4. The van der Waals surface area contributed by atoms with Crippen molar-refractivity contribution in [2.45, 2.75) is 167 Å². The molecule has 0 aromatic heterocycles. The maximum Gasteiger partial charge on any atom is 0.406 e. The molecule has 4 aromatic carbocycles. The lowest BCUT2D eigenvalue weighted by atomic mass is 9.58. The second kappa shape index (κ2) is 13.6. The van der Waals surface area contributed by atoms with E-state index in [9.17, 15) is 14.7 Å². The molecule has 0 amide bonds. The average molecular weight is 698 g/mol. The quantitative estimate of drug-likeness (QED) is 0.137. The highest BCUT2D eigenvalue weighted by Gasteiger charge is 2.51. The lowest BCUT2D eigenvalue weighted by Crippen LogP contribution is -2.40. The van der Waals surface area contributed by atoms with E-state index in [1.54, 1.807) is 0 Å². The average Bonchev–Trinajstić information content (AvgIpc) is 3.09. The zero-order valence-corrected chi connectivity index (χ0v) is 34.2. The molecule has 1 aliphatic rings. The van der Waals surface area contributed by atoms with Gasteiger partial charge in [0.25, 0.3) is 0 Å². The van der Waals surface area contributed by atoms with Crippen LogP contribution in [0.15, 0.2) is 60.7 Å². The number of rotatable bonds is 11. The molecule has 0 aliphatic heterocycles. The van der Waals surface area contributed by atoms with Crippen LogP contribution in [0.1, 0.15) is 168 Å². The summed E-state index contributed by atoms with van der Waals surface area (Å²) < 4.78 is 0. The highest BCUT2D eigenvalue weighted by atomic mass is 31.2. The van der Waals surface area contributed by atoms with Crippen LogP contribution in [0.5, 0.6) is 0 Å². The first kappa shape index (κ1) is 38.9. The Morgan fingerprint density at radius 3 is 1.20 bits per heavy atom. The van der Waals surface area contributed by atoms with E-state index in [2.05, 4.69) is 144 Å². The molecule has 0 unspecified atom stereocenters. The van der Waals surface area contributed by atoms with Crippen molar-refractivity contribution in [2.75, 3.05) is 0 Å². The van der Waals surface area contributed by atoms with Gasteiger partial charge in [-0.2, -0.15) is 14.7 Å². The van der Waals surface area contributed by atoms with E-state index in [-0.39, 0.29) is 27.1 Å². The predicted molar refractivity (Wildman–Crippen MR) is 218 cm³/mol. The molecule has 1 aliphatic carbocycles. The van der Waals surface area contributed by atoms with Gasteiger partial charge in [0, 0.05) is 5.41 Å². The topological polar surface area (TPSA) is 60.7 Å². The number of fused-ring (bicyclic) bond motifs is 2. The van der Waals surface area contributed by atoms with E-state index in [1.807, 2.05) is 0 Å². The van der Waals surface area contributed by atoms with E-state index in [0.29, 0.717) is 12.8 Å². The number of hydrogen-bond acceptors (Lipinski definition) is 3. The van der Waals surface area contributed by atoms with E-state index in [0.717, 1.165) is 38.5 Å². The summed E-state index contributed by atoms with van der Waals surface area (Å²) in [6, 6.07) is 24.1. The minimum atomic E-state index is -3.96. The summed E-state index contributed by atoms with van der Waals surface area (Å²) in [5, 5.41) is 5.09. The normalized spacial score (nSPS) is 16.8. The molecule has 4 heteroatoms. The summed E-state index contributed by atoms with van der Waals surface area (Å²) in [6.45, 7) is 28.0. The van der Waals surface area contributed by atoms with Gasteiger partial charge < -0.3 is 0 Å². The highest BCUT2D eigenvalue weighted by Crippen LogP contribution is 2.61. The Hall–Kier alpha value is -2.29. The first-order valence-electron chi connectivity index (χ1n) is 19.4. The fourth-order valence-corrected chi connectivity index (χ4v) is 9.21. The monoisotopic (exact) mass is 697 g/mol. The Morgan fingerprint density at radius 1 is 0.520 bits per heavy atom. The van der Waals surface area contributed by atoms with Crippen LogP contribution in [0.3, 0.4) is 0 Å². The van der Waals surface area contributed by atoms with Crippen LogP contribution < -0.4 is 0 Å². The van der Waals surface area contributed by atoms with Crippen LogP contribution >= 0.6 is 7.94 Å². The maximum absolute atomic E-state index is 10.5. The van der Waals surface area contributed by atoms with Crippen molar-refractivity contribution >= 4 is 29.5 Å². The van der Waals surface area contributed by atoms with Crippen molar-refractivity contribution in [1.29, 1.82) is 0 Å². The summed E-state index contributed by atoms with van der Waals surface area (Å²) in [7, 11) is -3.96. The Balaban J connectivity index is 1.89. The summed E-state index contributed by atoms with van der Waals surface area (Å²) >= 11 is 0. The highest BCUT2D eigenvalue weighted by molar-refractivity contribution is 7.59. The largest absolute Gasteiger partial charge is 0.406 e. The predicted octanol–water partition coefficient (Wildman–Crippen LogP) is 12.7. The number of hydrogen-bond donors (Lipinski definition) is 3. The van der Waals surface area contributed by atoms with Crippen molar-refractivity contribution in [1.82, 2.24) is 0 Å². The van der Waals surface area contributed by atoms with Gasteiger partial charge in [-0.1, -0.05) is 132 Å². The van der Waals surface area contributed by atoms with E-state index in [4.69, 9.17) is 0 Å². The van der Waals surface area contributed by atoms with Crippen molar-refractivity contribution in [3.05, 3.63) is 94.0 Å². The molecule has 3 nitrogen and oxygen atoms in total. The van der Waals surface area contributed by atoms with E-state index in [1.165, 1.54) is 54.9 Å². The summed E-state index contributed by atoms with van der Waals surface area (Å²) in [6.07, 6.45) is 6.80. The molecule has 1 saturated carbocycles. The summed E-state index contributed by atoms with van der Waals surface area (Å²) in [5.41, 5.74) is 7.43. The second-order valence-corrected chi connectivity index (χ2v) is 20.3. The minimum Gasteiger partial charge on any atom is -0.193 e. The van der Waals surface area contributed by atoms with Gasteiger partial charge in [-0.3, -0.25) is 0 Å². The lowest BCUT2D eigenvalue weighted by Gasteiger charge is -2.46. The fourth-order valence-electron chi connectivity index (χ4n) is 8.26. The molecule has 0 atom stereocenters. The smallest absolute Gasteiger partial charge is 0.193 e. The summed E-state index contributed by atoms with van der Waals surface area (Å²) in [4.78, 5) is 31.6. The summed E-state index contributed by atoms with van der Waals surface area (Å²) in [5.74, 6) is 0. The van der Waals surface area contributed by atoms with E-state index < -0.39 is 13.6 Å². The third kappa shape index (κ3) is 7.07. The van der Waals surface area contributed by atoms with Gasteiger partial charge in [-0.05, 0) is 140 Å². The second-order valence-electron chi connectivity index (χ2n) is 18.3. The van der Waals surface area contributed by atoms with Crippen LogP contribution in [-0.4, -0.2) is 20.3 Å². The van der Waals surface area contributed by atoms with E-state index >= 15 is 0 Å². The van der Waals surface area contributed by atoms with Crippen LogP contribution in [-0.2, 0) is 27.1 Å². The molecular formula is C46H66O3P+. The van der Waals surface area contributed by atoms with Gasteiger partial charge in [-0.25, -0.2) is 0 Å². The first-order valence-corrected chi connectivity index (χ1v) is 21.1. The van der Waals surface area contributed by atoms with Gasteiger partial charge in [0.15, 0.2) is 5.66 Å². The fraction of sp³-hybridized carbons (Fsp3) is 0.565. The maximum atomic E-state index is 10.5. The zero-order valence-electron chi connectivity index (χ0n) is 33.3. The molecule has 4 aromatic rings. The third-order valence-electron chi connectivity index (χ3n) is 13.8. The van der Waals surface area contributed by atoms with Crippen LogP contribution in [0.4, 0.5) is 0 Å². The van der Waals surface area contributed by atoms with Crippen LogP contribution in [0.25, 0.3) is 21.5 Å².